The van der Waals surface area contributed by atoms with Crippen LogP contribution in [0.25, 0.3) is 22.2 Å². The van der Waals surface area contributed by atoms with Crippen molar-refractivity contribution in [1.82, 2.24) is 23.4 Å². The zero-order valence-corrected chi connectivity index (χ0v) is 31.0. The molecule has 272 valence electrons. The molecule has 0 radical (unpaired) electrons. The van der Waals surface area contributed by atoms with Gasteiger partial charge in [0.1, 0.15) is 5.75 Å². The smallest absolute Gasteiger partial charge is 0.303 e. The normalized spacial score (nSPS) is 27.8. The third-order valence-electron chi connectivity index (χ3n) is 13.2. The molecule has 1 aromatic heterocycles. The number of piperidine rings is 1. The van der Waals surface area contributed by atoms with Crippen molar-refractivity contribution < 1.29 is 22.7 Å². The largest absolute Gasteiger partial charge is 0.497 e. The minimum Gasteiger partial charge on any atom is -0.497 e. The third kappa shape index (κ3) is 5.60. The molecule has 4 heterocycles. The lowest BCUT2D eigenvalue weighted by Gasteiger charge is -2.39. The van der Waals surface area contributed by atoms with E-state index in [9.17, 15) is 13.2 Å². The van der Waals surface area contributed by atoms with Crippen molar-refractivity contribution in [2.75, 3.05) is 47.4 Å². The molecule has 5 fully saturated rings. The zero-order valence-electron chi connectivity index (χ0n) is 30.2. The van der Waals surface area contributed by atoms with Gasteiger partial charge in [0.05, 0.1) is 18.2 Å². The van der Waals surface area contributed by atoms with Crippen LogP contribution >= 0.6 is 0 Å². The van der Waals surface area contributed by atoms with Gasteiger partial charge < -0.3 is 19.1 Å². The number of rotatable bonds is 8. The highest BCUT2D eigenvalue weighted by Crippen LogP contribution is 2.66. The maximum atomic E-state index is 15.3. The van der Waals surface area contributed by atoms with Gasteiger partial charge in [-0.3, -0.25) is 9.59 Å². The number of benzene rings is 2. The van der Waals surface area contributed by atoms with Gasteiger partial charge in [0.25, 0.3) is 5.91 Å². The topological polar surface area (TPSA) is 104 Å². The summed E-state index contributed by atoms with van der Waals surface area (Å²) < 4.78 is 36.7. The van der Waals surface area contributed by atoms with Gasteiger partial charge >= 0.3 is 10.2 Å². The van der Waals surface area contributed by atoms with Gasteiger partial charge in [-0.25, -0.2) is 4.72 Å². The summed E-state index contributed by atoms with van der Waals surface area (Å²) in [6.07, 6.45) is 11.5. The summed E-state index contributed by atoms with van der Waals surface area (Å²) in [6.45, 7) is 4.61. The molecule has 11 heteroatoms. The molecule has 2 saturated heterocycles. The summed E-state index contributed by atoms with van der Waals surface area (Å²) in [5, 5.41) is 1.09. The fourth-order valence-corrected chi connectivity index (χ4v) is 10.8. The third-order valence-corrected chi connectivity index (χ3v) is 14.6. The summed E-state index contributed by atoms with van der Waals surface area (Å²) in [4.78, 5) is 33.7. The Labute approximate surface area is 301 Å². The number of hydrogen-bond acceptors (Lipinski definition) is 6. The minimum absolute atomic E-state index is 0.0744. The lowest BCUT2D eigenvalue weighted by molar-refractivity contribution is -0.142. The van der Waals surface area contributed by atoms with Crippen molar-refractivity contribution in [2.45, 2.75) is 88.6 Å². The van der Waals surface area contributed by atoms with Crippen LogP contribution in [0.4, 0.5) is 0 Å². The standard InChI is InChI=1S/C40H51N5O5S/c1-42(2)51(48,49)41-38(46)27-13-15-31-34(18-27)45-24-40(39(47)44-17-7-10-28-22-43(23-35(28)44)21-25-11-12-25)20-33(40)32-19-29(50-3)14-16-30(32)37(45)36(31)26-8-5-4-6-9-26/h13-16,18-19,25-26,28,33,35H,4-12,17,20-24H2,1-3H3,(H,41,46). The van der Waals surface area contributed by atoms with Crippen LogP contribution in [0.2, 0.25) is 0 Å². The van der Waals surface area contributed by atoms with Crippen molar-refractivity contribution in [3.05, 3.63) is 53.1 Å². The number of hydrogen-bond donors (Lipinski definition) is 1. The van der Waals surface area contributed by atoms with Crippen molar-refractivity contribution >= 4 is 32.9 Å². The number of carbonyl (C=O) groups is 2. The van der Waals surface area contributed by atoms with E-state index < -0.39 is 21.5 Å². The molecule has 4 atom stereocenters. The van der Waals surface area contributed by atoms with Gasteiger partial charge in [-0.2, -0.15) is 12.7 Å². The van der Waals surface area contributed by atoms with E-state index in [4.69, 9.17) is 4.74 Å². The quantitative estimate of drug-likeness (QED) is 0.321. The molecule has 2 amide bonds. The fourth-order valence-electron chi connectivity index (χ4n) is 10.3. The van der Waals surface area contributed by atoms with Crippen molar-refractivity contribution in [3.8, 4) is 17.0 Å². The Bertz CT molecular complexity index is 2010. The van der Waals surface area contributed by atoms with E-state index in [-0.39, 0.29) is 23.4 Å². The van der Waals surface area contributed by atoms with Gasteiger partial charge in [0.2, 0.25) is 5.91 Å². The Morgan fingerprint density at radius 2 is 1.78 bits per heavy atom. The molecule has 10 nitrogen and oxygen atoms in total. The first-order valence-electron chi connectivity index (χ1n) is 19.2. The van der Waals surface area contributed by atoms with Crippen molar-refractivity contribution in [2.24, 2.45) is 17.3 Å². The maximum Gasteiger partial charge on any atom is 0.303 e. The van der Waals surface area contributed by atoms with Crippen LogP contribution in [0.3, 0.4) is 0 Å². The number of amides is 2. The number of likely N-dealkylation sites (tertiary alicyclic amines) is 2. The van der Waals surface area contributed by atoms with Crippen LogP contribution in [0.5, 0.6) is 5.75 Å². The lowest BCUT2D eigenvalue weighted by atomic mass is 9.81. The number of nitrogens with one attached hydrogen (secondary N) is 1. The Hall–Kier alpha value is -3.41. The number of aromatic nitrogens is 1. The molecule has 4 unspecified atom stereocenters. The second-order valence-corrected chi connectivity index (χ2v) is 18.5. The van der Waals surface area contributed by atoms with E-state index in [1.165, 1.54) is 70.3 Å². The second-order valence-electron chi connectivity index (χ2n) is 16.6. The summed E-state index contributed by atoms with van der Waals surface area (Å²) >= 11 is 0. The zero-order chi connectivity index (χ0) is 35.2. The summed E-state index contributed by atoms with van der Waals surface area (Å²) in [7, 11) is 0.539. The Morgan fingerprint density at radius 1 is 0.980 bits per heavy atom. The average molecular weight is 714 g/mol. The molecule has 3 aliphatic heterocycles. The van der Waals surface area contributed by atoms with Gasteiger partial charge in [-0.1, -0.05) is 25.3 Å². The minimum atomic E-state index is -3.97. The number of carbonyl (C=O) groups excluding carboxylic acids is 2. The first-order chi connectivity index (χ1) is 24.6. The molecule has 6 aliphatic rings. The lowest BCUT2D eigenvalue weighted by Crippen LogP contribution is -2.52. The van der Waals surface area contributed by atoms with Crippen LogP contribution < -0.4 is 9.46 Å². The molecule has 51 heavy (non-hydrogen) atoms. The van der Waals surface area contributed by atoms with Gasteiger partial charge in [-0.15, -0.1) is 0 Å². The first kappa shape index (κ1) is 33.4. The molecule has 1 N–H and O–H groups in total. The van der Waals surface area contributed by atoms with Crippen LogP contribution in [0.15, 0.2) is 36.4 Å². The SMILES string of the molecule is COc1ccc2c(c1)C1CC1(C(=O)N1CCCC3CN(CC4CC4)CC31)Cn1c-2c(C2CCCCC2)c2ccc(C(=O)NS(=O)(=O)N(C)C)cc21. The molecule has 0 bridgehead atoms. The molecule has 9 rings (SSSR count). The van der Waals surface area contributed by atoms with Crippen molar-refractivity contribution in [3.63, 3.8) is 0 Å². The first-order valence-corrected chi connectivity index (χ1v) is 20.6. The second kappa shape index (κ2) is 12.3. The monoisotopic (exact) mass is 713 g/mol. The van der Waals surface area contributed by atoms with Crippen LogP contribution in [0, 0.1) is 17.3 Å². The molecule has 2 aromatic carbocycles. The molecule has 3 aromatic rings. The Balaban J connectivity index is 1.18. The van der Waals surface area contributed by atoms with Crippen molar-refractivity contribution in [1.29, 1.82) is 0 Å². The van der Waals surface area contributed by atoms with Gasteiger partial charge in [0, 0.05) is 80.8 Å². The van der Waals surface area contributed by atoms with Crippen LogP contribution in [-0.4, -0.2) is 92.3 Å². The number of nitrogens with zero attached hydrogens (tertiary/aromatic N) is 4. The predicted octanol–water partition coefficient (Wildman–Crippen LogP) is 5.72. The maximum absolute atomic E-state index is 15.3. The Morgan fingerprint density at radius 3 is 2.53 bits per heavy atom. The predicted molar refractivity (Wildman–Crippen MR) is 197 cm³/mol. The van der Waals surface area contributed by atoms with Crippen LogP contribution in [-0.2, 0) is 21.5 Å². The van der Waals surface area contributed by atoms with Gasteiger partial charge in [-0.05, 0) is 104 Å². The number of ether oxygens (including phenoxy) is 1. The van der Waals surface area contributed by atoms with E-state index in [1.807, 2.05) is 18.2 Å². The van der Waals surface area contributed by atoms with E-state index in [2.05, 4.69) is 31.2 Å². The number of fused-ring (bicyclic) bond motifs is 8. The highest BCUT2D eigenvalue weighted by molar-refractivity contribution is 7.87. The highest BCUT2D eigenvalue weighted by Gasteiger charge is 2.65. The molecular weight excluding hydrogens is 663 g/mol. The Kier molecular flexibility index (Phi) is 8.09. The summed E-state index contributed by atoms with van der Waals surface area (Å²) in [5.74, 6) is 2.23. The summed E-state index contributed by atoms with van der Waals surface area (Å²) in [6, 6.07) is 12.3. The molecule has 3 saturated carbocycles. The van der Waals surface area contributed by atoms with E-state index >= 15 is 4.79 Å². The number of methoxy groups -OCH3 is 1. The highest BCUT2D eigenvalue weighted by atomic mass is 32.2. The molecule has 0 spiro atoms. The van der Waals surface area contributed by atoms with E-state index in [0.29, 0.717) is 18.4 Å². The summed E-state index contributed by atoms with van der Waals surface area (Å²) in [5.41, 5.74) is 5.38. The van der Waals surface area contributed by atoms with Crippen LogP contribution in [0.1, 0.15) is 97.5 Å². The average Bonchev–Trinajstić information content (AvgIpc) is 4.02. The van der Waals surface area contributed by atoms with Gasteiger partial charge in [0.15, 0.2) is 0 Å². The molecule has 3 aliphatic carbocycles. The fraction of sp³-hybridized carbons (Fsp3) is 0.600. The van der Waals surface area contributed by atoms with E-state index in [0.717, 1.165) is 83.5 Å². The van der Waals surface area contributed by atoms with E-state index in [1.54, 1.807) is 13.2 Å². The molecular formula is C40H51N5O5S.